The van der Waals surface area contributed by atoms with Gasteiger partial charge in [-0.3, -0.25) is 9.78 Å². The second-order valence-electron chi connectivity index (χ2n) is 6.20. The minimum atomic E-state index is -0.313. The van der Waals surface area contributed by atoms with Crippen LogP contribution in [0.5, 0.6) is 0 Å². The summed E-state index contributed by atoms with van der Waals surface area (Å²) in [6, 6.07) is 9.71. The predicted octanol–water partition coefficient (Wildman–Crippen LogP) is 3.09. The fourth-order valence-corrected chi connectivity index (χ4v) is 4.24. The van der Waals surface area contributed by atoms with Crippen molar-refractivity contribution in [1.29, 1.82) is 0 Å². The number of amides is 1. The second-order valence-corrected chi connectivity index (χ2v) is 8.20. The molecule has 11 heteroatoms. The number of aromatic nitrogens is 6. The molecule has 0 aliphatic carbocycles. The smallest absolute Gasteiger partial charge is 0.282 e. The van der Waals surface area contributed by atoms with Gasteiger partial charge in [-0.15, -0.1) is 20.4 Å². The van der Waals surface area contributed by atoms with Gasteiger partial charge >= 0.3 is 0 Å². The molecule has 0 radical (unpaired) electrons. The van der Waals surface area contributed by atoms with E-state index < -0.39 is 0 Å². The van der Waals surface area contributed by atoms with Crippen LogP contribution in [0.2, 0.25) is 0 Å². The molecule has 3 heterocycles. The Morgan fingerprint density at radius 1 is 1.10 bits per heavy atom. The lowest BCUT2D eigenvalue weighted by Crippen LogP contribution is -2.22. The number of hydrogen-bond acceptors (Lipinski definition) is 8. The first-order valence-corrected chi connectivity index (χ1v) is 10.7. The van der Waals surface area contributed by atoms with Crippen LogP contribution in [0.3, 0.4) is 0 Å². The van der Waals surface area contributed by atoms with Gasteiger partial charge in [-0.25, -0.2) is 4.39 Å². The summed E-state index contributed by atoms with van der Waals surface area (Å²) in [6.07, 6.45) is 3.42. The van der Waals surface area contributed by atoms with E-state index in [-0.39, 0.29) is 16.7 Å². The molecular formula is C19H16FN7OS2. The quantitative estimate of drug-likeness (QED) is 0.440. The molecule has 1 amide bonds. The van der Waals surface area contributed by atoms with Gasteiger partial charge in [0.25, 0.3) is 5.91 Å². The molecule has 1 N–H and O–H groups in total. The average molecular weight is 442 g/mol. The summed E-state index contributed by atoms with van der Waals surface area (Å²) in [6.45, 7) is 0.291. The van der Waals surface area contributed by atoms with Gasteiger partial charge in [0.05, 0.1) is 5.75 Å². The molecule has 0 aliphatic heterocycles. The Hall–Kier alpha value is -3.18. The molecule has 0 fully saturated rings. The molecule has 0 spiro atoms. The first-order chi connectivity index (χ1) is 14.6. The highest BCUT2D eigenvalue weighted by molar-refractivity contribution is 7.98. The van der Waals surface area contributed by atoms with Crippen LogP contribution in [0.1, 0.15) is 20.4 Å². The Morgan fingerprint density at radius 3 is 2.63 bits per heavy atom. The van der Waals surface area contributed by atoms with Crippen LogP contribution in [0.15, 0.2) is 53.9 Å². The maximum Gasteiger partial charge on any atom is 0.282 e. The monoisotopic (exact) mass is 441 g/mol. The van der Waals surface area contributed by atoms with E-state index in [1.54, 1.807) is 24.5 Å². The van der Waals surface area contributed by atoms with Gasteiger partial charge in [0, 0.05) is 31.5 Å². The third kappa shape index (κ3) is 4.69. The summed E-state index contributed by atoms with van der Waals surface area (Å²) < 4.78 is 14.8. The number of carbonyl (C=O) groups excluding carboxylic acids is 1. The van der Waals surface area contributed by atoms with Crippen LogP contribution >= 0.6 is 23.1 Å². The third-order valence-electron chi connectivity index (χ3n) is 4.13. The summed E-state index contributed by atoms with van der Waals surface area (Å²) in [4.78, 5) is 16.3. The van der Waals surface area contributed by atoms with Gasteiger partial charge in [0.15, 0.2) is 11.0 Å². The number of halogens is 1. The fourth-order valence-electron chi connectivity index (χ4n) is 2.58. The van der Waals surface area contributed by atoms with Gasteiger partial charge in [0.2, 0.25) is 5.01 Å². The topological polar surface area (TPSA) is 98.5 Å². The molecule has 0 unspecified atom stereocenters. The predicted molar refractivity (Wildman–Crippen MR) is 111 cm³/mol. The van der Waals surface area contributed by atoms with Gasteiger partial charge in [-0.05, 0) is 29.8 Å². The molecule has 0 saturated carbocycles. The lowest BCUT2D eigenvalue weighted by atomic mass is 10.2. The van der Waals surface area contributed by atoms with E-state index in [0.29, 0.717) is 17.3 Å². The highest BCUT2D eigenvalue weighted by Gasteiger charge is 2.15. The maximum absolute atomic E-state index is 12.9. The van der Waals surface area contributed by atoms with Crippen molar-refractivity contribution in [3.63, 3.8) is 0 Å². The van der Waals surface area contributed by atoms with Crippen LogP contribution in [0.25, 0.3) is 11.4 Å². The van der Waals surface area contributed by atoms with Crippen molar-refractivity contribution in [3.8, 4) is 11.4 Å². The second kappa shape index (κ2) is 9.09. The van der Waals surface area contributed by atoms with Gasteiger partial charge in [-0.1, -0.05) is 35.2 Å². The zero-order chi connectivity index (χ0) is 20.9. The largest absolute Gasteiger partial charge is 0.346 e. The van der Waals surface area contributed by atoms with E-state index in [9.17, 15) is 9.18 Å². The van der Waals surface area contributed by atoms with Crippen molar-refractivity contribution < 1.29 is 9.18 Å². The zero-order valence-corrected chi connectivity index (χ0v) is 17.5. The summed E-state index contributed by atoms with van der Waals surface area (Å²) >= 11 is 2.69. The summed E-state index contributed by atoms with van der Waals surface area (Å²) in [5.74, 6) is 0.641. The molecule has 30 heavy (non-hydrogen) atoms. The molecule has 4 rings (SSSR count). The lowest BCUT2D eigenvalue weighted by Gasteiger charge is -2.03. The van der Waals surface area contributed by atoms with Crippen molar-refractivity contribution in [2.24, 2.45) is 7.05 Å². The number of nitrogens with one attached hydrogen (secondary N) is 1. The van der Waals surface area contributed by atoms with E-state index in [2.05, 4.69) is 30.7 Å². The first-order valence-electron chi connectivity index (χ1n) is 8.88. The Bertz CT molecular complexity index is 1150. The highest BCUT2D eigenvalue weighted by atomic mass is 32.2. The Labute approximate surface area is 179 Å². The normalized spacial score (nSPS) is 10.9. The number of carbonyl (C=O) groups is 1. The zero-order valence-electron chi connectivity index (χ0n) is 15.8. The van der Waals surface area contributed by atoms with Gasteiger partial charge in [-0.2, -0.15) is 0 Å². The summed E-state index contributed by atoms with van der Waals surface area (Å²) in [5, 5.41) is 21.0. The number of benzene rings is 1. The molecule has 0 saturated heterocycles. The number of hydrogen-bond donors (Lipinski definition) is 1. The molecule has 152 valence electrons. The highest BCUT2D eigenvalue weighted by Crippen LogP contribution is 2.26. The molecule has 0 bridgehead atoms. The maximum atomic E-state index is 12.9. The van der Waals surface area contributed by atoms with E-state index in [1.807, 2.05) is 23.7 Å². The minimum absolute atomic E-state index is 0.281. The summed E-state index contributed by atoms with van der Waals surface area (Å²) in [7, 11) is 1.90. The van der Waals surface area contributed by atoms with Crippen molar-refractivity contribution in [2.45, 2.75) is 17.5 Å². The van der Waals surface area contributed by atoms with E-state index in [4.69, 9.17) is 0 Å². The van der Waals surface area contributed by atoms with Crippen molar-refractivity contribution >= 4 is 29.0 Å². The van der Waals surface area contributed by atoms with E-state index in [0.717, 1.165) is 22.1 Å². The molecule has 4 aromatic rings. The molecule has 3 aromatic heterocycles. The molecule has 0 aliphatic rings. The minimum Gasteiger partial charge on any atom is -0.346 e. The Kier molecular flexibility index (Phi) is 6.10. The molecule has 8 nitrogen and oxygen atoms in total. The molecule has 1 aromatic carbocycles. The van der Waals surface area contributed by atoms with Crippen molar-refractivity contribution in [2.75, 3.05) is 0 Å². The number of thioether (sulfide) groups is 1. The summed E-state index contributed by atoms with van der Waals surface area (Å²) in [5.41, 5.74) is 1.74. The SMILES string of the molecule is Cn1c(SCc2nnc(C(=O)NCc3ccc(F)cc3)s2)nnc1-c1ccncc1. The van der Waals surface area contributed by atoms with Gasteiger partial charge in [0.1, 0.15) is 10.8 Å². The van der Waals surface area contributed by atoms with Crippen molar-refractivity contribution in [1.82, 2.24) is 35.3 Å². The number of pyridine rings is 1. The third-order valence-corrected chi connectivity index (χ3v) is 6.26. The average Bonchev–Trinajstić information content (AvgIpc) is 3.39. The van der Waals surface area contributed by atoms with Gasteiger partial charge < -0.3 is 9.88 Å². The van der Waals surface area contributed by atoms with E-state index >= 15 is 0 Å². The van der Waals surface area contributed by atoms with Crippen LogP contribution in [-0.2, 0) is 19.3 Å². The number of nitrogens with zero attached hydrogens (tertiary/aromatic N) is 6. The van der Waals surface area contributed by atoms with Crippen molar-refractivity contribution in [3.05, 3.63) is 70.2 Å². The van der Waals surface area contributed by atoms with Crippen LogP contribution in [-0.4, -0.2) is 35.9 Å². The fraction of sp³-hybridized carbons (Fsp3) is 0.158. The lowest BCUT2D eigenvalue weighted by molar-refractivity contribution is 0.0950. The Morgan fingerprint density at radius 2 is 1.87 bits per heavy atom. The Balaban J connectivity index is 1.34. The number of rotatable bonds is 7. The molecule has 0 atom stereocenters. The first kappa shape index (κ1) is 20.1. The van der Waals surface area contributed by atoms with E-state index in [1.165, 1.54) is 35.2 Å². The van der Waals surface area contributed by atoms with Crippen LogP contribution in [0, 0.1) is 5.82 Å². The molecular weight excluding hydrogens is 425 g/mol. The standard InChI is InChI=1S/C19H16FN7OS2/c1-27-16(13-6-8-21-9-7-13)24-26-19(27)29-11-15-23-25-18(30-15)17(28)22-10-12-2-4-14(20)5-3-12/h2-9H,10-11H2,1H3,(H,22,28). The van der Waals surface area contributed by atoms with Crippen LogP contribution < -0.4 is 5.32 Å². The van der Waals surface area contributed by atoms with Crippen LogP contribution in [0.4, 0.5) is 4.39 Å².